The molecule has 1 aliphatic carbocycles. The Morgan fingerprint density at radius 2 is 2.40 bits per heavy atom. The molecule has 0 saturated carbocycles. The number of allylic oxidation sites excluding steroid dienone is 2. The first kappa shape index (κ1) is 15.5. The third kappa shape index (κ3) is 4.30. The van der Waals surface area contributed by atoms with Gasteiger partial charge < -0.3 is 15.0 Å². The molecule has 1 saturated heterocycles. The lowest BCUT2D eigenvalue weighted by Crippen LogP contribution is -2.46. The molecule has 1 fully saturated rings. The molecule has 5 heteroatoms. The number of ether oxygens (including phenoxy) is 1. The largest absolute Gasteiger partial charge is 0.374 e. The van der Waals surface area contributed by atoms with Gasteiger partial charge in [-0.25, -0.2) is 0 Å². The molecule has 1 N–H and O–H groups in total. The second kappa shape index (κ2) is 7.76. The summed E-state index contributed by atoms with van der Waals surface area (Å²) < 4.78 is 5.68. The number of nitrogens with one attached hydrogen (secondary N) is 1. The van der Waals surface area contributed by atoms with Crippen molar-refractivity contribution in [1.82, 2.24) is 15.1 Å². The lowest BCUT2D eigenvalue weighted by Gasteiger charge is -2.29. The van der Waals surface area contributed by atoms with Gasteiger partial charge >= 0.3 is 0 Å². The van der Waals surface area contributed by atoms with E-state index in [4.69, 9.17) is 4.74 Å². The maximum Gasteiger partial charge on any atom is 0.240 e. The number of carbonyl (C=O) groups is 1. The molecule has 0 spiro atoms. The van der Waals surface area contributed by atoms with E-state index >= 15 is 0 Å². The molecule has 0 radical (unpaired) electrons. The normalized spacial score (nSPS) is 22.9. The molecule has 20 heavy (non-hydrogen) atoms. The van der Waals surface area contributed by atoms with Crippen LogP contribution in [-0.2, 0) is 9.53 Å². The minimum absolute atomic E-state index is 0.197. The zero-order chi connectivity index (χ0) is 14.4. The van der Waals surface area contributed by atoms with Crippen LogP contribution in [-0.4, -0.2) is 68.2 Å². The van der Waals surface area contributed by atoms with Gasteiger partial charge in [-0.2, -0.15) is 0 Å². The van der Waals surface area contributed by atoms with Crippen molar-refractivity contribution in [3.8, 4) is 0 Å². The van der Waals surface area contributed by atoms with E-state index in [-0.39, 0.29) is 12.0 Å². The van der Waals surface area contributed by atoms with Gasteiger partial charge in [-0.1, -0.05) is 6.08 Å². The standard InChI is InChI=1S/C15H27N3O2/c1-3-18(13-6-4-5-7-13)15(19)12-17(2)11-14-10-16-8-9-20-14/h6,14,16H,3-5,7-12H2,1-2H3. The van der Waals surface area contributed by atoms with Crippen LogP contribution in [0.3, 0.4) is 0 Å². The fraction of sp³-hybridized carbons (Fsp3) is 0.800. The average Bonchev–Trinajstić information content (AvgIpc) is 2.94. The maximum atomic E-state index is 12.4. The Balaban J connectivity index is 1.79. The first-order valence-electron chi connectivity index (χ1n) is 7.71. The number of carbonyl (C=O) groups excluding carboxylic acids is 1. The first-order valence-corrected chi connectivity index (χ1v) is 7.71. The number of nitrogens with zero attached hydrogens (tertiary/aromatic N) is 2. The van der Waals surface area contributed by atoms with E-state index in [1.54, 1.807) is 0 Å². The van der Waals surface area contributed by atoms with Crippen molar-refractivity contribution in [1.29, 1.82) is 0 Å². The molecule has 2 rings (SSSR count). The van der Waals surface area contributed by atoms with Crippen molar-refractivity contribution in [3.63, 3.8) is 0 Å². The summed E-state index contributed by atoms with van der Waals surface area (Å²) >= 11 is 0. The fourth-order valence-electron chi connectivity index (χ4n) is 2.90. The highest BCUT2D eigenvalue weighted by molar-refractivity contribution is 5.80. The van der Waals surface area contributed by atoms with Gasteiger partial charge in [0.1, 0.15) is 0 Å². The molecule has 1 unspecified atom stereocenters. The van der Waals surface area contributed by atoms with Gasteiger partial charge in [-0.05, 0) is 33.2 Å². The van der Waals surface area contributed by atoms with Crippen LogP contribution in [0.15, 0.2) is 11.8 Å². The van der Waals surface area contributed by atoms with Crippen LogP contribution >= 0.6 is 0 Å². The summed E-state index contributed by atoms with van der Waals surface area (Å²) in [6.45, 7) is 6.64. The van der Waals surface area contributed by atoms with Crippen LogP contribution in [0.4, 0.5) is 0 Å². The Bertz CT molecular complexity index is 351. The van der Waals surface area contributed by atoms with E-state index in [0.29, 0.717) is 6.54 Å². The van der Waals surface area contributed by atoms with Crippen molar-refractivity contribution < 1.29 is 9.53 Å². The molecule has 1 aliphatic heterocycles. The van der Waals surface area contributed by atoms with E-state index < -0.39 is 0 Å². The van der Waals surface area contributed by atoms with Crippen LogP contribution in [0, 0.1) is 0 Å². The highest BCUT2D eigenvalue weighted by Gasteiger charge is 2.21. The summed E-state index contributed by atoms with van der Waals surface area (Å²) in [4.78, 5) is 16.4. The summed E-state index contributed by atoms with van der Waals surface area (Å²) in [5.74, 6) is 0.201. The smallest absolute Gasteiger partial charge is 0.240 e. The summed E-state index contributed by atoms with van der Waals surface area (Å²) in [5, 5.41) is 3.32. The van der Waals surface area contributed by atoms with Crippen molar-refractivity contribution >= 4 is 5.91 Å². The maximum absolute atomic E-state index is 12.4. The molecular formula is C15H27N3O2. The monoisotopic (exact) mass is 281 g/mol. The summed E-state index contributed by atoms with van der Waals surface area (Å²) in [6.07, 6.45) is 5.73. The predicted octanol–water partition coefficient (Wildman–Crippen LogP) is 0.823. The number of hydrogen-bond donors (Lipinski definition) is 1. The quantitative estimate of drug-likeness (QED) is 0.783. The molecule has 114 valence electrons. The third-order valence-electron chi connectivity index (χ3n) is 3.91. The van der Waals surface area contributed by atoms with Crippen molar-refractivity contribution in [2.24, 2.45) is 0 Å². The van der Waals surface area contributed by atoms with Crippen LogP contribution in [0.1, 0.15) is 26.2 Å². The molecule has 1 atom stereocenters. The Kier molecular flexibility index (Phi) is 6.01. The zero-order valence-corrected chi connectivity index (χ0v) is 12.7. The van der Waals surface area contributed by atoms with E-state index in [1.165, 1.54) is 12.1 Å². The number of amides is 1. The second-order valence-corrected chi connectivity index (χ2v) is 5.62. The van der Waals surface area contributed by atoms with Gasteiger partial charge in [0.25, 0.3) is 0 Å². The van der Waals surface area contributed by atoms with Gasteiger partial charge in [0.05, 0.1) is 19.3 Å². The van der Waals surface area contributed by atoms with E-state index in [9.17, 15) is 4.79 Å². The Morgan fingerprint density at radius 1 is 1.55 bits per heavy atom. The second-order valence-electron chi connectivity index (χ2n) is 5.62. The number of rotatable bonds is 6. The lowest BCUT2D eigenvalue weighted by atomic mass is 10.2. The highest BCUT2D eigenvalue weighted by atomic mass is 16.5. The fourth-order valence-corrected chi connectivity index (χ4v) is 2.90. The van der Waals surface area contributed by atoms with Crippen LogP contribution < -0.4 is 5.32 Å². The first-order chi connectivity index (χ1) is 9.70. The van der Waals surface area contributed by atoms with Gasteiger partial charge in [-0.15, -0.1) is 0 Å². The Labute approximate surface area is 121 Å². The SMILES string of the molecule is CCN(C(=O)CN(C)CC1CNCCO1)C1=CCCC1. The Morgan fingerprint density at radius 3 is 3.00 bits per heavy atom. The van der Waals surface area contributed by atoms with Crippen molar-refractivity contribution in [2.75, 3.05) is 46.4 Å². The van der Waals surface area contributed by atoms with Crippen LogP contribution in [0.25, 0.3) is 0 Å². The van der Waals surface area contributed by atoms with Crippen LogP contribution in [0.5, 0.6) is 0 Å². The van der Waals surface area contributed by atoms with E-state index in [1.807, 2.05) is 18.9 Å². The summed E-state index contributed by atoms with van der Waals surface area (Å²) in [5.41, 5.74) is 1.21. The minimum atomic E-state index is 0.197. The number of hydrogen-bond acceptors (Lipinski definition) is 4. The molecule has 1 heterocycles. The van der Waals surface area contributed by atoms with Crippen LogP contribution in [0.2, 0.25) is 0 Å². The number of likely N-dealkylation sites (N-methyl/N-ethyl adjacent to an activating group) is 2. The minimum Gasteiger partial charge on any atom is -0.374 e. The lowest BCUT2D eigenvalue weighted by molar-refractivity contribution is -0.130. The van der Waals surface area contributed by atoms with Gasteiger partial charge in [0.2, 0.25) is 5.91 Å². The van der Waals surface area contributed by atoms with Crippen molar-refractivity contribution in [3.05, 3.63) is 11.8 Å². The molecule has 2 aliphatic rings. The summed E-state index contributed by atoms with van der Waals surface area (Å²) in [7, 11) is 1.99. The number of morpholine rings is 1. The zero-order valence-electron chi connectivity index (χ0n) is 12.7. The topological polar surface area (TPSA) is 44.8 Å². The molecular weight excluding hydrogens is 254 g/mol. The van der Waals surface area contributed by atoms with E-state index in [0.717, 1.165) is 45.6 Å². The Hall–Kier alpha value is -0.910. The van der Waals surface area contributed by atoms with Gasteiger partial charge in [0.15, 0.2) is 0 Å². The van der Waals surface area contributed by atoms with Gasteiger partial charge in [0, 0.05) is 31.9 Å². The molecule has 5 nitrogen and oxygen atoms in total. The molecule has 0 aromatic heterocycles. The molecule has 1 amide bonds. The van der Waals surface area contributed by atoms with E-state index in [2.05, 4.69) is 16.3 Å². The summed E-state index contributed by atoms with van der Waals surface area (Å²) in [6, 6.07) is 0. The predicted molar refractivity (Wildman–Crippen MR) is 79.4 cm³/mol. The molecule has 0 aromatic carbocycles. The molecule has 0 aromatic rings. The highest BCUT2D eigenvalue weighted by Crippen LogP contribution is 2.21. The molecule has 0 bridgehead atoms. The third-order valence-corrected chi connectivity index (χ3v) is 3.91. The van der Waals surface area contributed by atoms with Gasteiger partial charge in [-0.3, -0.25) is 9.69 Å². The average molecular weight is 281 g/mol. The van der Waals surface area contributed by atoms with Crippen molar-refractivity contribution in [2.45, 2.75) is 32.3 Å².